The number of rotatable bonds is 10. The minimum atomic E-state index is 0.931. The third-order valence-electron chi connectivity index (χ3n) is 11.5. The number of hydrogen-bond donors (Lipinski definition) is 0. The maximum Gasteiger partial charge on any atom is 0.0492 e. The van der Waals surface area contributed by atoms with Crippen molar-refractivity contribution in [3.05, 3.63) is 205 Å². The molecule has 0 N–H and O–H groups in total. The van der Waals surface area contributed by atoms with Gasteiger partial charge in [-0.05, 0) is 122 Å². The Morgan fingerprint density at radius 3 is 1.05 bits per heavy atom. The highest BCUT2D eigenvalue weighted by Crippen LogP contribution is 2.40. The lowest BCUT2D eigenvalue weighted by Crippen LogP contribution is -2.09. The fourth-order valence-electron chi connectivity index (χ4n) is 8.75. The van der Waals surface area contributed by atoms with E-state index < -0.39 is 0 Å². The first-order valence-corrected chi connectivity index (χ1v) is 20.3. The molecule has 10 aromatic rings. The average Bonchev–Trinajstić information content (AvgIpc) is 3.79. The Morgan fingerprint density at radius 2 is 0.655 bits per heavy atom. The average molecular weight is 749 g/mol. The van der Waals surface area contributed by atoms with Gasteiger partial charge in [0.15, 0.2) is 0 Å². The molecule has 0 saturated carbocycles. The van der Waals surface area contributed by atoms with Crippen molar-refractivity contribution in [2.45, 2.75) is 26.9 Å². The molecular weight excluding hydrogens is 705 g/mol. The van der Waals surface area contributed by atoms with Gasteiger partial charge >= 0.3 is 0 Å². The summed E-state index contributed by atoms with van der Waals surface area (Å²) in [7, 11) is 0. The summed E-state index contributed by atoms with van der Waals surface area (Å²) in [6.45, 7) is 6.30. The molecule has 2 aromatic heterocycles. The standard InChI is InChI=1S/C54H44N4/c1-3-55-51-21-13-11-19-47(51)49-37-45(33-35-53(49)55)57(41-15-7-5-8-16-41)43-29-25-39(26-30-43)23-24-40-27-31-44(32-28-40)58(42-17-9-6-10-18-42)46-34-36-54-50(38-46)48-20-12-14-22-52(48)56(54)4-2/h5-38H,3-4H2,1-2H3. The normalized spacial score (nSPS) is 11.7. The van der Waals surface area contributed by atoms with Crippen molar-refractivity contribution >= 4 is 89.9 Å². The molecule has 2 heterocycles. The molecule has 0 atom stereocenters. The van der Waals surface area contributed by atoms with Crippen molar-refractivity contribution in [1.82, 2.24) is 9.13 Å². The van der Waals surface area contributed by atoms with Crippen molar-refractivity contribution in [1.29, 1.82) is 0 Å². The van der Waals surface area contributed by atoms with Gasteiger partial charge in [0.05, 0.1) is 0 Å². The van der Waals surface area contributed by atoms with Crippen LogP contribution in [-0.2, 0) is 13.1 Å². The number of aryl methyl sites for hydroxylation is 2. The molecule has 0 bridgehead atoms. The zero-order valence-corrected chi connectivity index (χ0v) is 32.8. The largest absolute Gasteiger partial charge is 0.341 e. The third kappa shape index (κ3) is 6.20. The highest BCUT2D eigenvalue weighted by molar-refractivity contribution is 6.10. The van der Waals surface area contributed by atoms with E-state index in [0.717, 1.165) is 58.3 Å². The number of hydrogen-bond acceptors (Lipinski definition) is 2. The molecule has 0 aliphatic heterocycles. The van der Waals surface area contributed by atoms with Crippen LogP contribution >= 0.6 is 0 Å². The van der Waals surface area contributed by atoms with E-state index in [4.69, 9.17) is 0 Å². The van der Waals surface area contributed by atoms with E-state index in [1.54, 1.807) is 0 Å². The smallest absolute Gasteiger partial charge is 0.0492 e. The van der Waals surface area contributed by atoms with Gasteiger partial charge in [0.1, 0.15) is 0 Å². The fraction of sp³-hybridized carbons (Fsp3) is 0.0741. The van der Waals surface area contributed by atoms with E-state index in [0.29, 0.717) is 0 Å². The monoisotopic (exact) mass is 748 g/mol. The lowest BCUT2D eigenvalue weighted by Gasteiger charge is -2.26. The van der Waals surface area contributed by atoms with Gasteiger partial charge in [0.2, 0.25) is 0 Å². The summed E-state index contributed by atoms with van der Waals surface area (Å²) >= 11 is 0. The van der Waals surface area contributed by atoms with Crippen LogP contribution < -0.4 is 9.80 Å². The van der Waals surface area contributed by atoms with Gasteiger partial charge in [-0.15, -0.1) is 0 Å². The van der Waals surface area contributed by atoms with Crippen LogP contribution in [0, 0.1) is 0 Å². The maximum absolute atomic E-state index is 2.41. The molecule has 0 radical (unpaired) electrons. The van der Waals surface area contributed by atoms with Crippen molar-refractivity contribution in [3.63, 3.8) is 0 Å². The van der Waals surface area contributed by atoms with E-state index in [1.807, 2.05) is 0 Å². The van der Waals surface area contributed by atoms with Crippen LogP contribution in [0.2, 0.25) is 0 Å². The van der Waals surface area contributed by atoms with Crippen LogP contribution in [-0.4, -0.2) is 9.13 Å². The lowest BCUT2D eigenvalue weighted by molar-refractivity contribution is 0.827. The van der Waals surface area contributed by atoms with Gasteiger partial charge in [-0.25, -0.2) is 0 Å². The van der Waals surface area contributed by atoms with E-state index in [2.05, 4.69) is 239 Å². The van der Waals surface area contributed by atoms with Gasteiger partial charge < -0.3 is 18.9 Å². The van der Waals surface area contributed by atoms with Crippen LogP contribution in [0.15, 0.2) is 194 Å². The van der Waals surface area contributed by atoms with Crippen molar-refractivity contribution < 1.29 is 0 Å². The van der Waals surface area contributed by atoms with Crippen molar-refractivity contribution in [2.75, 3.05) is 9.80 Å². The minimum Gasteiger partial charge on any atom is -0.341 e. The molecule has 8 aromatic carbocycles. The molecule has 0 spiro atoms. The summed E-state index contributed by atoms with van der Waals surface area (Å²) in [5.74, 6) is 0. The highest BCUT2D eigenvalue weighted by Gasteiger charge is 2.18. The fourth-order valence-corrected chi connectivity index (χ4v) is 8.75. The Balaban J connectivity index is 0.945. The number of para-hydroxylation sites is 4. The molecule has 4 heteroatoms. The quantitative estimate of drug-likeness (QED) is 0.130. The molecule has 0 amide bonds. The molecule has 0 unspecified atom stereocenters. The van der Waals surface area contributed by atoms with Crippen LogP contribution in [0.1, 0.15) is 25.0 Å². The molecular formula is C54H44N4. The van der Waals surface area contributed by atoms with Gasteiger partial charge in [0, 0.05) is 90.8 Å². The van der Waals surface area contributed by atoms with Gasteiger partial charge in [-0.1, -0.05) is 109 Å². The van der Waals surface area contributed by atoms with E-state index in [9.17, 15) is 0 Å². The molecule has 58 heavy (non-hydrogen) atoms. The first kappa shape index (κ1) is 35.1. The van der Waals surface area contributed by atoms with Gasteiger partial charge in [0.25, 0.3) is 0 Å². The number of aromatic nitrogens is 2. The highest BCUT2D eigenvalue weighted by atomic mass is 15.1. The Kier molecular flexibility index (Phi) is 9.08. The minimum absolute atomic E-state index is 0.931. The molecule has 0 aliphatic rings. The predicted octanol–water partition coefficient (Wildman–Crippen LogP) is 15.1. The SMILES string of the molecule is CCn1c2ccccc2c2cc(N(c3ccccc3)c3ccc(C=Cc4ccc(N(c5ccccc5)c5ccc6c(c5)c5ccccc5n6CC)cc4)cc3)ccc21. The zero-order chi connectivity index (χ0) is 39.0. The Bertz CT molecular complexity index is 2850. The molecule has 0 fully saturated rings. The van der Waals surface area contributed by atoms with Crippen LogP contribution in [0.3, 0.4) is 0 Å². The van der Waals surface area contributed by atoms with Gasteiger partial charge in [-0.2, -0.15) is 0 Å². The summed E-state index contributed by atoms with van der Waals surface area (Å²) in [6, 6.07) is 70.2. The predicted molar refractivity (Wildman–Crippen MR) is 249 cm³/mol. The maximum atomic E-state index is 2.41. The van der Waals surface area contributed by atoms with Crippen LogP contribution in [0.5, 0.6) is 0 Å². The Labute approximate surface area is 339 Å². The van der Waals surface area contributed by atoms with Crippen molar-refractivity contribution in [3.8, 4) is 0 Å². The van der Waals surface area contributed by atoms with Crippen molar-refractivity contribution in [2.24, 2.45) is 0 Å². The summed E-state index contributed by atoms with van der Waals surface area (Å²) in [5.41, 5.74) is 14.1. The molecule has 0 saturated heterocycles. The molecule has 4 nitrogen and oxygen atoms in total. The second-order valence-corrected chi connectivity index (χ2v) is 14.8. The van der Waals surface area contributed by atoms with E-state index in [1.165, 1.54) is 43.6 Å². The summed E-state index contributed by atoms with van der Waals surface area (Å²) in [4.78, 5) is 4.70. The van der Waals surface area contributed by atoms with E-state index >= 15 is 0 Å². The van der Waals surface area contributed by atoms with Crippen LogP contribution in [0.25, 0.3) is 55.8 Å². The van der Waals surface area contributed by atoms with E-state index in [-0.39, 0.29) is 0 Å². The summed E-state index contributed by atoms with van der Waals surface area (Å²) in [5, 5.41) is 5.12. The third-order valence-corrected chi connectivity index (χ3v) is 11.5. The molecule has 280 valence electrons. The number of nitrogens with zero attached hydrogens (tertiary/aromatic N) is 4. The Morgan fingerprint density at radius 1 is 0.328 bits per heavy atom. The first-order chi connectivity index (χ1) is 28.7. The zero-order valence-electron chi connectivity index (χ0n) is 32.8. The number of anilines is 6. The molecule has 10 rings (SSSR count). The first-order valence-electron chi connectivity index (χ1n) is 20.3. The number of benzene rings is 8. The second-order valence-electron chi connectivity index (χ2n) is 14.8. The Hall–Kier alpha value is -7.30. The molecule has 0 aliphatic carbocycles. The number of fused-ring (bicyclic) bond motifs is 6. The summed E-state index contributed by atoms with van der Waals surface area (Å²) < 4.78 is 4.81. The summed E-state index contributed by atoms with van der Waals surface area (Å²) in [6.07, 6.45) is 4.40. The topological polar surface area (TPSA) is 16.3 Å². The van der Waals surface area contributed by atoms with Gasteiger partial charge in [-0.3, -0.25) is 0 Å². The van der Waals surface area contributed by atoms with Crippen LogP contribution in [0.4, 0.5) is 34.1 Å². The lowest BCUT2D eigenvalue weighted by atomic mass is 10.1. The second kappa shape index (κ2) is 15.0.